The van der Waals surface area contributed by atoms with Gasteiger partial charge in [-0.3, -0.25) is 4.90 Å². The number of aromatic nitrogens is 2. The van der Waals surface area contributed by atoms with Gasteiger partial charge in [-0.1, -0.05) is 0 Å². The SMILES string of the molecule is Cc1ccn2c(CN3CCNCC3)c(-c3ccc(F)cc3)nc2c1. The fourth-order valence-electron chi connectivity index (χ4n) is 3.27. The second-order valence-electron chi connectivity index (χ2n) is 6.37. The topological polar surface area (TPSA) is 32.6 Å². The molecule has 0 aliphatic carbocycles. The highest BCUT2D eigenvalue weighted by molar-refractivity contribution is 5.66. The first-order valence-corrected chi connectivity index (χ1v) is 8.37. The van der Waals surface area contributed by atoms with E-state index in [4.69, 9.17) is 4.98 Å². The highest BCUT2D eigenvalue weighted by atomic mass is 19.1. The molecule has 0 atom stereocenters. The summed E-state index contributed by atoms with van der Waals surface area (Å²) in [5.41, 5.74) is 5.20. The molecule has 1 saturated heterocycles. The molecule has 0 amide bonds. The molecule has 0 spiro atoms. The van der Waals surface area contributed by atoms with Crippen LogP contribution < -0.4 is 5.32 Å². The highest BCUT2D eigenvalue weighted by Crippen LogP contribution is 2.26. The van der Waals surface area contributed by atoms with Crippen molar-refractivity contribution in [1.82, 2.24) is 19.6 Å². The highest BCUT2D eigenvalue weighted by Gasteiger charge is 2.18. The summed E-state index contributed by atoms with van der Waals surface area (Å²) in [6, 6.07) is 10.8. The first-order chi connectivity index (χ1) is 11.7. The van der Waals surface area contributed by atoms with Gasteiger partial charge >= 0.3 is 0 Å². The van der Waals surface area contributed by atoms with E-state index in [1.54, 1.807) is 0 Å². The molecule has 1 aliphatic heterocycles. The molecule has 4 rings (SSSR count). The molecule has 4 nitrogen and oxygen atoms in total. The van der Waals surface area contributed by atoms with Crippen LogP contribution in [0.25, 0.3) is 16.9 Å². The van der Waals surface area contributed by atoms with Crippen molar-refractivity contribution in [3.8, 4) is 11.3 Å². The molecule has 124 valence electrons. The molecular formula is C19H21FN4. The summed E-state index contributed by atoms with van der Waals surface area (Å²) in [7, 11) is 0. The zero-order valence-electron chi connectivity index (χ0n) is 13.8. The van der Waals surface area contributed by atoms with Crippen molar-refractivity contribution in [1.29, 1.82) is 0 Å². The third kappa shape index (κ3) is 2.92. The van der Waals surface area contributed by atoms with Crippen LogP contribution in [0.3, 0.4) is 0 Å². The Balaban J connectivity index is 1.81. The second kappa shape index (κ2) is 6.34. The fraction of sp³-hybridized carbons (Fsp3) is 0.316. The number of pyridine rings is 1. The van der Waals surface area contributed by atoms with Crippen LogP contribution in [0.15, 0.2) is 42.6 Å². The lowest BCUT2D eigenvalue weighted by Crippen LogP contribution is -2.43. The number of hydrogen-bond acceptors (Lipinski definition) is 3. The number of fused-ring (bicyclic) bond motifs is 1. The number of imidazole rings is 1. The lowest BCUT2D eigenvalue weighted by atomic mass is 10.1. The molecule has 0 radical (unpaired) electrons. The molecule has 0 saturated carbocycles. The number of aryl methyl sites for hydroxylation is 1. The van der Waals surface area contributed by atoms with Crippen LogP contribution in [-0.4, -0.2) is 40.5 Å². The zero-order valence-corrected chi connectivity index (χ0v) is 13.8. The number of rotatable bonds is 3. The molecule has 24 heavy (non-hydrogen) atoms. The van der Waals surface area contributed by atoms with Gasteiger partial charge in [0, 0.05) is 44.5 Å². The van der Waals surface area contributed by atoms with Crippen molar-refractivity contribution in [2.45, 2.75) is 13.5 Å². The number of hydrogen-bond donors (Lipinski definition) is 1. The molecule has 1 aliphatic rings. The number of benzene rings is 1. The Bertz CT molecular complexity index is 848. The largest absolute Gasteiger partial charge is 0.314 e. The lowest BCUT2D eigenvalue weighted by Gasteiger charge is -2.27. The normalized spacial score (nSPS) is 15.9. The summed E-state index contributed by atoms with van der Waals surface area (Å²) in [6.07, 6.45) is 2.09. The van der Waals surface area contributed by atoms with Crippen molar-refractivity contribution < 1.29 is 4.39 Å². The van der Waals surface area contributed by atoms with Crippen molar-refractivity contribution in [2.75, 3.05) is 26.2 Å². The minimum absolute atomic E-state index is 0.220. The third-order valence-electron chi connectivity index (χ3n) is 4.58. The summed E-state index contributed by atoms with van der Waals surface area (Å²) in [5.74, 6) is -0.220. The molecule has 0 unspecified atom stereocenters. The Morgan fingerprint density at radius 3 is 2.62 bits per heavy atom. The maximum absolute atomic E-state index is 13.3. The van der Waals surface area contributed by atoms with E-state index in [-0.39, 0.29) is 5.82 Å². The Hall–Kier alpha value is -2.24. The average molecular weight is 324 g/mol. The molecular weight excluding hydrogens is 303 g/mol. The summed E-state index contributed by atoms with van der Waals surface area (Å²) in [5, 5.41) is 3.39. The number of nitrogens with zero attached hydrogens (tertiary/aromatic N) is 3. The lowest BCUT2D eigenvalue weighted by molar-refractivity contribution is 0.230. The summed E-state index contributed by atoms with van der Waals surface area (Å²) in [6.45, 7) is 7.01. The van der Waals surface area contributed by atoms with Crippen LogP contribution in [0.2, 0.25) is 0 Å². The second-order valence-corrected chi connectivity index (χ2v) is 6.37. The standard InChI is InChI=1S/C19H21FN4/c1-14-6-9-24-17(13-23-10-7-21-8-11-23)19(22-18(24)12-14)15-2-4-16(20)5-3-15/h2-6,9,12,21H,7-8,10-11,13H2,1H3. The molecule has 2 aromatic heterocycles. The van der Waals surface area contributed by atoms with Crippen LogP contribution in [0, 0.1) is 12.7 Å². The van der Waals surface area contributed by atoms with Crippen LogP contribution >= 0.6 is 0 Å². The quantitative estimate of drug-likeness (QED) is 0.804. The van der Waals surface area contributed by atoms with E-state index in [9.17, 15) is 4.39 Å². The smallest absolute Gasteiger partial charge is 0.137 e. The fourth-order valence-corrected chi connectivity index (χ4v) is 3.27. The Kier molecular flexibility index (Phi) is 4.04. The van der Waals surface area contributed by atoms with Gasteiger partial charge in [0.15, 0.2) is 0 Å². The Morgan fingerprint density at radius 2 is 1.88 bits per heavy atom. The average Bonchev–Trinajstić information content (AvgIpc) is 2.94. The summed E-state index contributed by atoms with van der Waals surface area (Å²) >= 11 is 0. The van der Waals surface area contributed by atoms with Crippen molar-refractivity contribution >= 4 is 5.65 Å². The number of halogens is 1. The van der Waals surface area contributed by atoms with Crippen LogP contribution in [-0.2, 0) is 6.54 Å². The molecule has 3 aromatic rings. The van der Waals surface area contributed by atoms with E-state index in [0.717, 1.165) is 49.6 Å². The van der Waals surface area contributed by atoms with Crippen molar-refractivity contribution in [3.63, 3.8) is 0 Å². The molecule has 1 N–H and O–H groups in total. The number of piperazine rings is 1. The molecule has 1 aromatic carbocycles. The minimum atomic E-state index is -0.220. The Labute approximate surface area is 140 Å². The molecule has 5 heteroatoms. The van der Waals surface area contributed by atoms with E-state index in [1.165, 1.54) is 23.4 Å². The number of nitrogens with one attached hydrogen (secondary N) is 1. The van der Waals surface area contributed by atoms with E-state index in [2.05, 4.69) is 39.9 Å². The van der Waals surface area contributed by atoms with Crippen molar-refractivity contribution in [3.05, 3.63) is 59.7 Å². The zero-order chi connectivity index (χ0) is 16.5. The van der Waals surface area contributed by atoms with Gasteiger partial charge in [0.1, 0.15) is 11.5 Å². The van der Waals surface area contributed by atoms with Gasteiger partial charge in [0.05, 0.1) is 11.4 Å². The van der Waals surface area contributed by atoms with Gasteiger partial charge in [0.2, 0.25) is 0 Å². The molecule has 1 fully saturated rings. The van der Waals surface area contributed by atoms with E-state index >= 15 is 0 Å². The van der Waals surface area contributed by atoms with E-state index in [1.807, 2.05) is 12.1 Å². The first-order valence-electron chi connectivity index (χ1n) is 8.37. The maximum atomic E-state index is 13.3. The summed E-state index contributed by atoms with van der Waals surface area (Å²) in [4.78, 5) is 7.27. The first kappa shape index (κ1) is 15.3. The Morgan fingerprint density at radius 1 is 1.12 bits per heavy atom. The van der Waals surface area contributed by atoms with Gasteiger partial charge in [-0.15, -0.1) is 0 Å². The van der Waals surface area contributed by atoms with Gasteiger partial charge < -0.3 is 9.72 Å². The van der Waals surface area contributed by atoms with Crippen LogP contribution in [0.1, 0.15) is 11.3 Å². The van der Waals surface area contributed by atoms with Gasteiger partial charge in [-0.05, 0) is 48.9 Å². The van der Waals surface area contributed by atoms with Gasteiger partial charge in [-0.25, -0.2) is 9.37 Å². The predicted octanol–water partition coefficient (Wildman–Crippen LogP) is 2.85. The van der Waals surface area contributed by atoms with Gasteiger partial charge in [-0.2, -0.15) is 0 Å². The monoisotopic (exact) mass is 324 g/mol. The van der Waals surface area contributed by atoms with E-state index < -0.39 is 0 Å². The minimum Gasteiger partial charge on any atom is -0.314 e. The van der Waals surface area contributed by atoms with E-state index in [0.29, 0.717) is 0 Å². The molecule has 0 bridgehead atoms. The maximum Gasteiger partial charge on any atom is 0.137 e. The van der Waals surface area contributed by atoms with Crippen LogP contribution in [0.5, 0.6) is 0 Å². The summed E-state index contributed by atoms with van der Waals surface area (Å²) < 4.78 is 15.5. The van der Waals surface area contributed by atoms with Crippen LogP contribution in [0.4, 0.5) is 4.39 Å². The predicted molar refractivity (Wildman–Crippen MR) is 93.5 cm³/mol. The third-order valence-corrected chi connectivity index (χ3v) is 4.58. The van der Waals surface area contributed by atoms with Gasteiger partial charge in [0.25, 0.3) is 0 Å². The van der Waals surface area contributed by atoms with Crippen molar-refractivity contribution in [2.24, 2.45) is 0 Å². The molecule has 3 heterocycles.